The fourth-order valence-corrected chi connectivity index (χ4v) is 9.66. The van der Waals surface area contributed by atoms with Gasteiger partial charge in [0.05, 0.1) is 25.4 Å². The second-order valence-corrected chi connectivity index (χ2v) is 20.5. The van der Waals surface area contributed by atoms with Crippen LogP contribution in [0.25, 0.3) is 38.8 Å². The van der Waals surface area contributed by atoms with Gasteiger partial charge in [-0.05, 0) is 44.2 Å². The first-order valence-electron chi connectivity index (χ1n) is 26.0. The molecule has 10 rings (SSSR count). The molecule has 0 bridgehead atoms. The quantitative estimate of drug-likeness (QED) is 0.0319. The number of aliphatic hydroxyl groups is 12. The number of hydrogen-bond acceptors (Lipinski definition) is 32. The molecule has 4 aliphatic heterocycles. The van der Waals surface area contributed by atoms with Crippen LogP contribution in [0.4, 0.5) is 0 Å². The summed E-state index contributed by atoms with van der Waals surface area (Å²) in [5, 5.41) is 183. The van der Waals surface area contributed by atoms with Crippen molar-refractivity contribution in [3.8, 4) is 57.3 Å². The molecule has 5 aromatic rings. The van der Waals surface area contributed by atoms with Gasteiger partial charge >= 0.3 is 0 Å². The van der Waals surface area contributed by atoms with Crippen molar-refractivity contribution >= 4 is 39.1 Å². The van der Waals surface area contributed by atoms with E-state index >= 15 is 0 Å². The lowest BCUT2D eigenvalue weighted by Gasteiger charge is -2.42. The molecule has 466 valence electrons. The number of carbonyl (C=O) groups excluding carboxylic acids is 2. The number of aliphatic hydroxyl groups excluding tert-OH is 12. The predicted octanol–water partition coefficient (Wildman–Crippen LogP) is -4.36. The third-order valence-corrected chi connectivity index (χ3v) is 14.6. The first-order valence-corrected chi connectivity index (χ1v) is 26.0. The molecule has 32 nitrogen and oxygen atoms in total. The van der Waals surface area contributed by atoms with E-state index in [1.807, 2.05) is 0 Å². The summed E-state index contributed by atoms with van der Waals surface area (Å²) in [5.74, 6) is -7.55. The predicted molar refractivity (Wildman–Crippen MR) is 279 cm³/mol. The number of benzene rings is 3. The van der Waals surface area contributed by atoms with Gasteiger partial charge in [0.15, 0.2) is 35.6 Å². The summed E-state index contributed by atoms with van der Waals surface area (Å²) >= 11 is 0. The lowest BCUT2D eigenvalue weighted by Crippen LogP contribution is -2.61. The zero-order valence-corrected chi connectivity index (χ0v) is 44.5. The summed E-state index contributed by atoms with van der Waals surface area (Å²) in [5.41, 5.74) is -2.87. The third-order valence-electron chi connectivity index (χ3n) is 14.6. The largest absolute Gasteiger partial charge is 0.508 e. The smallest absolute Gasteiger partial charge is 0.239 e. The van der Waals surface area contributed by atoms with Gasteiger partial charge in [-0.15, -0.1) is 0 Å². The van der Waals surface area contributed by atoms with Crippen LogP contribution < -0.4 is 20.3 Å². The Bertz CT molecular complexity index is 3540. The summed E-state index contributed by atoms with van der Waals surface area (Å²) in [4.78, 5) is 50.9. The number of hydrogen-bond donors (Lipinski definition) is 18. The van der Waals surface area contributed by atoms with E-state index < -0.39 is 227 Å². The monoisotopic (exact) mass is 1220 g/mol. The number of ketones is 2. The molecule has 0 saturated carbocycles. The number of fused-ring (bicyclic) bond motifs is 2. The summed E-state index contributed by atoms with van der Waals surface area (Å²) in [6.07, 6.45) is -29.6. The molecule has 20 atom stereocenters. The van der Waals surface area contributed by atoms with E-state index in [2.05, 4.69) is 0 Å². The lowest BCUT2D eigenvalue weighted by atomic mass is 9.98. The van der Waals surface area contributed by atoms with Crippen molar-refractivity contribution in [1.82, 2.24) is 0 Å². The van der Waals surface area contributed by atoms with Gasteiger partial charge in [-0.1, -0.05) is 0 Å². The summed E-state index contributed by atoms with van der Waals surface area (Å²) in [7, 11) is 0. The van der Waals surface area contributed by atoms with Crippen LogP contribution >= 0.6 is 0 Å². The second-order valence-electron chi connectivity index (χ2n) is 20.5. The average molecular weight is 1220 g/mol. The van der Waals surface area contributed by atoms with E-state index in [0.29, 0.717) is 0 Å². The molecule has 0 radical (unpaired) electrons. The molecule has 6 heterocycles. The number of carbonyl (C=O) groups is 2. The van der Waals surface area contributed by atoms with E-state index in [4.69, 9.17) is 46.7 Å². The molecule has 1 aliphatic carbocycles. The number of phenolic OH excluding ortho intramolecular Hbond substituents is 6. The summed E-state index contributed by atoms with van der Waals surface area (Å²) in [6, 6.07) is 7.09. The molecule has 20 unspecified atom stereocenters. The molecular formula is C54H58O32. The Hall–Kier alpha value is -7.42. The summed E-state index contributed by atoms with van der Waals surface area (Å²) < 4.78 is 55.5. The third kappa shape index (κ3) is 12.3. The number of rotatable bonds is 12. The normalized spacial score (nSPS) is 33.9. The van der Waals surface area contributed by atoms with Crippen LogP contribution in [0.15, 0.2) is 79.1 Å². The lowest BCUT2D eigenvalue weighted by molar-refractivity contribution is -0.318. The standard InChI is InChI=1S/C27H30O16.C27H28O16/c2*1-8-17(32)20(35)22(37)26(40-8)39-7-15-18(33)21(36)23(38)27(42-15)43-25-19(34)16-13(31)5-10(28)6-14(16)41-24(25)9-2-3-11(29)12(30)4-9/h2-6,8,15,17-18,20-23,26-33,35-38H,7H2,1H3;2-6,8,15,17-18,20-23,26-28,31-33,35-38H,7H2,1H3. The zero-order valence-electron chi connectivity index (χ0n) is 44.5. The van der Waals surface area contributed by atoms with Crippen molar-refractivity contribution in [3.63, 3.8) is 0 Å². The highest BCUT2D eigenvalue weighted by Crippen LogP contribution is 2.41. The van der Waals surface area contributed by atoms with Crippen molar-refractivity contribution in [2.75, 3.05) is 13.2 Å². The van der Waals surface area contributed by atoms with E-state index in [1.165, 1.54) is 19.9 Å². The highest BCUT2D eigenvalue weighted by atomic mass is 16.7. The van der Waals surface area contributed by atoms with Crippen LogP contribution in [-0.4, -0.2) is 240 Å². The molecule has 86 heavy (non-hydrogen) atoms. The minimum absolute atomic E-state index is 0.0313. The Kier molecular flexibility index (Phi) is 18.4. The number of ether oxygens (including phenoxy) is 8. The maximum absolute atomic E-state index is 13.6. The van der Waals surface area contributed by atoms with Gasteiger partial charge in [0.1, 0.15) is 130 Å². The van der Waals surface area contributed by atoms with Crippen molar-refractivity contribution < 1.29 is 148 Å². The first-order chi connectivity index (χ1) is 40.6. The molecule has 5 aliphatic rings. The topological polar surface area (TPSA) is 533 Å². The van der Waals surface area contributed by atoms with E-state index in [1.54, 1.807) is 0 Å². The number of allylic oxidation sites excluding steroid dienone is 4. The highest BCUT2D eigenvalue weighted by molar-refractivity contribution is 6.48. The molecule has 3 aromatic carbocycles. The molecule has 2 aromatic heterocycles. The minimum Gasteiger partial charge on any atom is -0.508 e. The number of phenols is 6. The zero-order chi connectivity index (χ0) is 62.7. The van der Waals surface area contributed by atoms with Crippen LogP contribution in [0.1, 0.15) is 19.6 Å². The van der Waals surface area contributed by atoms with Gasteiger partial charge < -0.3 is 139 Å². The van der Waals surface area contributed by atoms with E-state index in [-0.39, 0.29) is 22.3 Å². The Morgan fingerprint density at radius 1 is 0.419 bits per heavy atom. The van der Waals surface area contributed by atoms with Crippen molar-refractivity contribution in [3.05, 3.63) is 86.9 Å². The molecule has 18 N–H and O–H groups in total. The maximum atomic E-state index is 13.6. The van der Waals surface area contributed by atoms with Gasteiger partial charge in [0.25, 0.3) is 0 Å². The van der Waals surface area contributed by atoms with Crippen LogP contribution in [0.3, 0.4) is 0 Å². The summed E-state index contributed by atoms with van der Waals surface area (Å²) in [6.45, 7) is 1.61. The molecule has 4 saturated heterocycles. The Morgan fingerprint density at radius 3 is 1.28 bits per heavy atom. The Morgan fingerprint density at radius 2 is 0.837 bits per heavy atom. The van der Waals surface area contributed by atoms with Gasteiger partial charge in [0.2, 0.25) is 46.5 Å². The second kappa shape index (κ2) is 25.1. The highest BCUT2D eigenvalue weighted by Gasteiger charge is 2.50. The van der Waals surface area contributed by atoms with Crippen molar-refractivity contribution in [2.45, 2.75) is 137 Å². The van der Waals surface area contributed by atoms with Gasteiger partial charge in [0, 0.05) is 41.5 Å². The van der Waals surface area contributed by atoms with Crippen LogP contribution in [0, 0.1) is 0 Å². The molecular weight excluding hydrogens is 1160 g/mol. The first kappa shape index (κ1) is 63.1. The average Bonchev–Trinajstić information content (AvgIpc) is 0.961. The van der Waals surface area contributed by atoms with Gasteiger partial charge in [-0.2, -0.15) is 0 Å². The van der Waals surface area contributed by atoms with Crippen molar-refractivity contribution in [1.29, 1.82) is 0 Å². The van der Waals surface area contributed by atoms with Gasteiger partial charge in [-0.3, -0.25) is 19.2 Å². The molecule has 0 amide bonds. The van der Waals surface area contributed by atoms with E-state index in [9.17, 15) is 111 Å². The SMILES string of the molecule is CC1OC(OCC2OC(Oc3c(-c4ccc(O)c(O)c4)oc4cc(O)cc(O)c4c3=O)C(O)C(O)C2O)C(O)C(O)C1O.CC1OC(OCC2OC(Oc3c(C4=CC(=O)C(=O)C=C4)oc4cc(O)cc(O)c4c3=O)C(O)C(O)C2O)C(O)C(O)C1O. The van der Waals surface area contributed by atoms with Crippen molar-refractivity contribution in [2.24, 2.45) is 0 Å². The van der Waals surface area contributed by atoms with Crippen LogP contribution in [-0.2, 0) is 38.0 Å². The molecule has 4 fully saturated rings. The fraction of sp³-hybridized carbons (Fsp3) is 0.444. The molecule has 0 spiro atoms. The Balaban J connectivity index is 0.000000205. The minimum atomic E-state index is -1.99. The Labute approximate surface area is 480 Å². The van der Waals surface area contributed by atoms with Gasteiger partial charge in [-0.25, -0.2) is 0 Å². The maximum Gasteiger partial charge on any atom is 0.239 e. The van der Waals surface area contributed by atoms with Crippen LogP contribution in [0.5, 0.6) is 46.0 Å². The van der Waals surface area contributed by atoms with Crippen LogP contribution in [0.2, 0.25) is 0 Å². The molecule has 32 heteroatoms. The fourth-order valence-electron chi connectivity index (χ4n) is 9.66. The number of aromatic hydroxyl groups is 6. The van der Waals surface area contributed by atoms with E-state index in [0.717, 1.165) is 54.6 Å².